The number of carbonyl (C=O) groups excluding carboxylic acids is 1. The molecule has 7 heteroatoms. The lowest BCUT2D eigenvalue weighted by Crippen LogP contribution is -2.41. The molecule has 0 unspecified atom stereocenters. The molecule has 0 aliphatic carbocycles. The summed E-state index contributed by atoms with van der Waals surface area (Å²) in [5.41, 5.74) is 3.19. The Balaban J connectivity index is 1.89. The highest BCUT2D eigenvalue weighted by Gasteiger charge is 2.28. The summed E-state index contributed by atoms with van der Waals surface area (Å²) in [4.78, 5) is 13.1. The Bertz CT molecular complexity index is 1170. The summed E-state index contributed by atoms with van der Waals surface area (Å²) in [5, 5.41) is 2.89. The molecule has 3 rings (SSSR count). The molecule has 3 aromatic carbocycles. The van der Waals surface area contributed by atoms with Crippen LogP contribution in [-0.4, -0.2) is 28.0 Å². The molecule has 6 nitrogen and oxygen atoms in total. The van der Waals surface area contributed by atoms with Gasteiger partial charge < -0.3 is 10.1 Å². The highest BCUT2D eigenvalue weighted by molar-refractivity contribution is 7.92. The van der Waals surface area contributed by atoms with E-state index in [0.29, 0.717) is 11.4 Å². The predicted molar refractivity (Wildman–Crippen MR) is 126 cm³/mol. The van der Waals surface area contributed by atoms with E-state index in [1.54, 1.807) is 43.5 Å². The summed E-state index contributed by atoms with van der Waals surface area (Å²) < 4.78 is 33.4. The Morgan fingerprint density at radius 3 is 2.09 bits per heavy atom. The number of hydrogen-bond donors (Lipinski definition) is 1. The zero-order chi connectivity index (χ0) is 23.3. The highest BCUT2D eigenvalue weighted by atomic mass is 32.2. The fourth-order valence-corrected chi connectivity index (χ4v) is 4.80. The predicted octanol–water partition coefficient (Wildman–Crippen LogP) is 4.38. The molecular formula is C25H28N2O4S. The van der Waals surface area contributed by atoms with Gasteiger partial charge in [-0.1, -0.05) is 53.6 Å². The number of nitrogens with one attached hydrogen (secondary N) is 1. The van der Waals surface area contributed by atoms with Crippen molar-refractivity contribution in [3.8, 4) is 5.75 Å². The molecule has 1 amide bonds. The van der Waals surface area contributed by atoms with Gasteiger partial charge in [0.1, 0.15) is 12.3 Å². The first-order valence-corrected chi connectivity index (χ1v) is 11.7. The lowest BCUT2D eigenvalue weighted by molar-refractivity contribution is -0.120. The fourth-order valence-electron chi connectivity index (χ4n) is 3.38. The van der Waals surface area contributed by atoms with Gasteiger partial charge in [-0.2, -0.15) is 0 Å². The minimum Gasteiger partial charge on any atom is -0.496 e. The van der Waals surface area contributed by atoms with Crippen molar-refractivity contribution in [1.29, 1.82) is 0 Å². The van der Waals surface area contributed by atoms with E-state index in [1.165, 1.54) is 0 Å². The standard InChI is InChI=1S/C25H28N2O4S/c1-18-9-13-21(14-10-18)27(32(29,30)22-15-11-19(2)12-16-22)17-25(28)26-20(3)23-7-5-6-8-24(23)31-4/h5-16,20H,17H2,1-4H3,(H,26,28)/t20-/m1/s1. The van der Waals surface area contributed by atoms with E-state index in [9.17, 15) is 13.2 Å². The van der Waals surface area contributed by atoms with E-state index in [2.05, 4.69) is 5.32 Å². The van der Waals surface area contributed by atoms with Crippen molar-refractivity contribution in [3.63, 3.8) is 0 Å². The Morgan fingerprint density at radius 1 is 0.938 bits per heavy atom. The quantitative estimate of drug-likeness (QED) is 0.550. The molecule has 0 aromatic heterocycles. The number of benzene rings is 3. The van der Waals surface area contributed by atoms with Crippen LogP contribution in [0.3, 0.4) is 0 Å². The first-order chi connectivity index (χ1) is 15.2. The Kier molecular flexibility index (Phi) is 7.20. The molecular weight excluding hydrogens is 424 g/mol. The maximum atomic E-state index is 13.4. The number of nitrogens with zero attached hydrogens (tertiary/aromatic N) is 1. The smallest absolute Gasteiger partial charge is 0.264 e. The van der Waals surface area contributed by atoms with Gasteiger partial charge in [-0.05, 0) is 51.1 Å². The van der Waals surface area contributed by atoms with E-state index >= 15 is 0 Å². The van der Waals surface area contributed by atoms with Gasteiger partial charge in [0.15, 0.2) is 0 Å². The monoisotopic (exact) mass is 452 g/mol. The van der Waals surface area contributed by atoms with E-state index in [-0.39, 0.29) is 17.5 Å². The summed E-state index contributed by atoms with van der Waals surface area (Å²) >= 11 is 0. The normalized spacial score (nSPS) is 12.1. The van der Waals surface area contributed by atoms with Crippen LogP contribution in [0.1, 0.15) is 29.7 Å². The number of para-hydroxylation sites is 1. The lowest BCUT2D eigenvalue weighted by atomic mass is 10.1. The van der Waals surface area contributed by atoms with Gasteiger partial charge in [-0.15, -0.1) is 0 Å². The summed E-state index contributed by atoms with van der Waals surface area (Å²) in [5.74, 6) is 0.239. The van der Waals surface area contributed by atoms with E-state index < -0.39 is 15.9 Å². The van der Waals surface area contributed by atoms with Crippen LogP contribution in [0.4, 0.5) is 5.69 Å². The number of amides is 1. The van der Waals surface area contributed by atoms with E-state index in [4.69, 9.17) is 4.74 Å². The molecule has 1 N–H and O–H groups in total. The second-order valence-electron chi connectivity index (χ2n) is 7.69. The van der Waals surface area contributed by atoms with Crippen LogP contribution < -0.4 is 14.4 Å². The van der Waals surface area contributed by atoms with Crippen LogP contribution in [0.2, 0.25) is 0 Å². The molecule has 0 saturated heterocycles. The van der Waals surface area contributed by atoms with Crippen LogP contribution in [0.15, 0.2) is 77.7 Å². The van der Waals surface area contributed by atoms with Gasteiger partial charge in [-0.3, -0.25) is 9.10 Å². The molecule has 0 radical (unpaired) electrons. The maximum absolute atomic E-state index is 13.4. The SMILES string of the molecule is COc1ccccc1[C@@H](C)NC(=O)CN(c1ccc(C)cc1)S(=O)(=O)c1ccc(C)cc1. The van der Waals surface area contributed by atoms with Crippen molar-refractivity contribution < 1.29 is 17.9 Å². The number of sulfonamides is 1. The van der Waals surface area contributed by atoms with Gasteiger partial charge in [0.25, 0.3) is 10.0 Å². The third kappa shape index (κ3) is 5.29. The van der Waals surface area contributed by atoms with Gasteiger partial charge in [0, 0.05) is 5.56 Å². The van der Waals surface area contributed by atoms with Crippen LogP contribution in [0.25, 0.3) is 0 Å². The van der Waals surface area contributed by atoms with Crippen LogP contribution in [0, 0.1) is 13.8 Å². The van der Waals surface area contributed by atoms with Crippen LogP contribution in [-0.2, 0) is 14.8 Å². The Labute approximate surface area is 189 Å². The zero-order valence-electron chi connectivity index (χ0n) is 18.7. The molecule has 0 aliphatic heterocycles. The molecule has 0 fully saturated rings. The second-order valence-corrected chi connectivity index (χ2v) is 9.55. The van der Waals surface area contributed by atoms with E-state index in [0.717, 1.165) is 21.0 Å². The minimum atomic E-state index is -3.94. The first-order valence-electron chi connectivity index (χ1n) is 10.3. The number of rotatable bonds is 8. The molecule has 168 valence electrons. The van der Waals surface area contributed by atoms with Crippen molar-refractivity contribution >= 4 is 21.6 Å². The second kappa shape index (κ2) is 9.87. The molecule has 0 saturated carbocycles. The van der Waals surface area contributed by atoms with Crippen LogP contribution >= 0.6 is 0 Å². The Morgan fingerprint density at radius 2 is 1.50 bits per heavy atom. The summed E-state index contributed by atoms with van der Waals surface area (Å²) in [6.07, 6.45) is 0. The third-order valence-corrected chi connectivity index (χ3v) is 6.99. The average Bonchev–Trinajstić information content (AvgIpc) is 2.78. The van der Waals surface area contributed by atoms with Gasteiger partial charge >= 0.3 is 0 Å². The van der Waals surface area contributed by atoms with Crippen molar-refractivity contribution in [1.82, 2.24) is 5.32 Å². The molecule has 32 heavy (non-hydrogen) atoms. The van der Waals surface area contributed by atoms with Crippen molar-refractivity contribution in [2.24, 2.45) is 0 Å². The average molecular weight is 453 g/mol. The number of ether oxygens (including phenoxy) is 1. The van der Waals surface area contributed by atoms with E-state index in [1.807, 2.05) is 57.2 Å². The third-order valence-electron chi connectivity index (χ3n) is 5.20. The summed E-state index contributed by atoms with van der Waals surface area (Å²) in [7, 11) is -2.37. The number of carbonyl (C=O) groups is 1. The number of hydrogen-bond acceptors (Lipinski definition) is 4. The highest BCUT2D eigenvalue weighted by Crippen LogP contribution is 2.26. The van der Waals surface area contributed by atoms with Crippen molar-refractivity contribution in [3.05, 3.63) is 89.5 Å². The van der Waals surface area contributed by atoms with Gasteiger partial charge in [0.2, 0.25) is 5.91 Å². The lowest BCUT2D eigenvalue weighted by Gasteiger charge is -2.25. The zero-order valence-corrected chi connectivity index (χ0v) is 19.5. The van der Waals surface area contributed by atoms with Gasteiger partial charge in [-0.25, -0.2) is 8.42 Å². The number of methoxy groups -OCH3 is 1. The molecule has 0 spiro atoms. The molecule has 1 atom stereocenters. The minimum absolute atomic E-state index is 0.134. The summed E-state index contributed by atoms with van der Waals surface area (Å²) in [6.45, 7) is 5.30. The fraction of sp³-hybridized carbons (Fsp3) is 0.240. The molecule has 3 aromatic rings. The number of anilines is 1. The topological polar surface area (TPSA) is 75.7 Å². The maximum Gasteiger partial charge on any atom is 0.264 e. The largest absolute Gasteiger partial charge is 0.496 e. The summed E-state index contributed by atoms with van der Waals surface area (Å²) in [6, 6.07) is 20.7. The van der Waals surface area contributed by atoms with Crippen molar-refractivity contribution in [2.45, 2.75) is 31.7 Å². The molecule has 0 aliphatic rings. The van der Waals surface area contributed by atoms with Crippen LogP contribution in [0.5, 0.6) is 5.75 Å². The number of aryl methyl sites for hydroxylation is 2. The molecule has 0 bridgehead atoms. The van der Waals surface area contributed by atoms with Crippen molar-refractivity contribution in [2.75, 3.05) is 18.0 Å². The first kappa shape index (κ1) is 23.3. The Hall–Kier alpha value is -3.32. The van der Waals surface area contributed by atoms with Gasteiger partial charge in [0.05, 0.1) is 23.7 Å². The molecule has 0 heterocycles.